The lowest BCUT2D eigenvalue weighted by atomic mass is 9.78. The van der Waals surface area contributed by atoms with Crippen LogP contribution in [0.4, 0.5) is 0 Å². The first-order valence-electron chi connectivity index (χ1n) is 5.56. The summed E-state index contributed by atoms with van der Waals surface area (Å²) in [6.45, 7) is 1.94. The molecule has 0 saturated heterocycles. The lowest BCUT2D eigenvalue weighted by molar-refractivity contribution is 0.0881. The number of rotatable bonds is 2. The zero-order valence-corrected chi connectivity index (χ0v) is 11.2. The lowest BCUT2D eigenvalue weighted by Gasteiger charge is -2.35. The number of carbonyl (C=O) groups excluding carboxylic acids is 1. The molecule has 0 atom stereocenters. The van der Waals surface area contributed by atoms with Gasteiger partial charge < -0.3 is 5.32 Å². The van der Waals surface area contributed by atoms with E-state index in [-0.39, 0.29) is 5.91 Å². The molecular formula is C13H13BrN2O. The Morgan fingerprint density at radius 2 is 2.18 bits per heavy atom. The van der Waals surface area contributed by atoms with Gasteiger partial charge in [-0.25, -0.2) is 0 Å². The van der Waals surface area contributed by atoms with Crippen LogP contribution in [0.2, 0.25) is 0 Å². The van der Waals surface area contributed by atoms with Crippen LogP contribution >= 0.6 is 15.9 Å². The SMILES string of the molecule is Cc1cc(Br)cc(C(=O)NC2(C#N)CCC2)c1. The van der Waals surface area contributed by atoms with Gasteiger partial charge in [0.2, 0.25) is 0 Å². The van der Waals surface area contributed by atoms with Crippen molar-refractivity contribution in [3.05, 3.63) is 33.8 Å². The van der Waals surface area contributed by atoms with Gasteiger partial charge in [0.05, 0.1) is 6.07 Å². The Balaban J connectivity index is 2.18. The van der Waals surface area contributed by atoms with Crippen LogP contribution in [-0.2, 0) is 0 Å². The van der Waals surface area contributed by atoms with Crippen molar-refractivity contribution in [2.75, 3.05) is 0 Å². The highest BCUT2D eigenvalue weighted by atomic mass is 79.9. The Morgan fingerprint density at radius 1 is 1.47 bits per heavy atom. The van der Waals surface area contributed by atoms with Crippen molar-refractivity contribution in [2.24, 2.45) is 0 Å². The van der Waals surface area contributed by atoms with E-state index in [4.69, 9.17) is 5.26 Å². The van der Waals surface area contributed by atoms with Gasteiger partial charge in [-0.2, -0.15) is 5.26 Å². The van der Waals surface area contributed by atoms with Crippen LogP contribution in [0.1, 0.15) is 35.2 Å². The minimum absolute atomic E-state index is 0.171. The summed E-state index contributed by atoms with van der Waals surface area (Å²) in [4.78, 5) is 12.0. The molecule has 1 N–H and O–H groups in total. The standard InChI is InChI=1S/C13H13BrN2O/c1-9-5-10(7-11(14)6-9)12(17)16-13(8-15)3-2-4-13/h5-7H,2-4H2,1H3,(H,16,17). The Bertz CT molecular complexity index is 480. The second kappa shape index (κ2) is 4.50. The van der Waals surface area contributed by atoms with E-state index in [0.717, 1.165) is 29.3 Å². The molecule has 0 aliphatic heterocycles. The average molecular weight is 293 g/mol. The van der Waals surface area contributed by atoms with Crippen LogP contribution in [0.5, 0.6) is 0 Å². The molecule has 1 aliphatic carbocycles. The fraction of sp³-hybridized carbons (Fsp3) is 0.385. The summed E-state index contributed by atoms with van der Waals surface area (Å²) in [5.41, 5.74) is 0.982. The molecule has 17 heavy (non-hydrogen) atoms. The predicted molar refractivity (Wildman–Crippen MR) is 68.5 cm³/mol. The van der Waals surface area contributed by atoms with Gasteiger partial charge in [-0.15, -0.1) is 0 Å². The van der Waals surface area contributed by atoms with E-state index in [1.165, 1.54) is 0 Å². The first kappa shape index (κ1) is 12.1. The molecule has 0 radical (unpaired) electrons. The molecule has 1 aliphatic rings. The minimum Gasteiger partial charge on any atom is -0.334 e. The van der Waals surface area contributed by atoms with Crippen LogP contribution < -0.4 is 5.32 Å². The van der Waals surface area contributed by atoms with Crippen molar-refractivity contribution in [3.63, 3.8) is 0 Å². The molecule has 1 aromatic rings. The third kappa shape index (κ3) is 2.50. The quantitative estimate of drug-likeness (QED) is 0.911. The van der Waals surface area contributed by atoms with Crippen LogP contribution in [0.25, 0.3) is 0 Å². The number of nitrogens with zero attached hydrogens (tertiary/aromatic N) is 1. The Kier molecular flexibility index (Phi) is 3.21. The number of aryl methyl sites for hydroxylation is 1. The molecule has 1 saturated carbocycles. The number of amides is 1. The summed E-state index contributed by atoms with van der Waals surface area (Å²) in [7, 11) is 0. The van der Waals surface area contributed by atoms with Gasteiger partial charge in [0, 0.05) is 10.0 Å². The van der Waals surface area contributed by atoms with Gasteiger partial charge in [0.15, 0.2) is 0 Å². The molecule has 0 unspecified atom stereocenters. The monoisotopic (exact) mass is 292 g/mol. The number of hydrogen-bond acceptors (Lipinski definition) is 2. The van der Waals surface area contributed by atoms with Crippen molar-refractivity contribution in [1.82, 2.24) is 5.32 Å². The number of benzene rings is 1. The van der Waals surface area contributed by atoms with Crippen LogP contribution in [0, 0.1) is 18.3 Å². The van der Waals surface area contributed by atoms with E-state index < -0.39 is 5.54 Å². The molecule has 88 valence electrons. The second-order valence-corrected chi connectivity index (χ2v) is 5.43. The van der Waals surface area contributed by atoms with Crippen molar-refractivity contribution in [1.29, 1.82) is 5.26 Å². The van der Waals surface area contributed by atoms with E-state index in [1.807, 2.05) is 19.1 Å². The molecule has 2 rings (SSSR count). The Labute approximate surface area is 109 Å². The van der Waals surface area contributed by atoms with Gasteiger partial charge in [-0.1, -0.05) is 15.9 Å². The van der Waals surface area contributed by atoms with Crippen molar-refractivity contribution in [2.45, 2.75) is 31.7 Å². The fourth-order valence-electron chi connectivity index (χ4n) is 1.95. The van der Waals surface area contributed by atoms with Gasteiger partial charge in [-0.3, -0.25) is 4.79 Å². The first-order chi connectivity index (χ1) is 8.04. The number of nitrogens with one attached hydrogen (secondary N) is 1. The van der Waals surface area contributed by atoms with E-state index in [2.05, 4.69) is 27.3 Å². The maximum atomic E-state index is 12.0. The van der Waals surface area contributed by atoms with Gasteiger partial charge in [-0.05, 0) is 49.9 Å². The molecule has 0 heterocycles. The van der Waals surface area contributed by atoms with Crippen molar-refractivity contribution in [3.8, 4) is 6.07 Å². The molecule has 4 heteroatoms. The summed E-state index contributed by atoms with van der Waals surface area (Å²) in [6, 6.07) is 7.74. The molecule has 1 aromatic carbocycles. The summed E-state index contributed by atoms with van der Waals surface area (Å²) in [5.74, 6) is -0.171. The lowest BCUT2D eigenvalue weighted by Crippen LogP contribution is -2.52. The third-order valence-corrected chi connectivity index (χ3v) is 3.54. The van der Waals surface area contributed by atoms with E-state index in [0.29, 0.717) is 5.56 Å². The highest BCUT2D eigenvalue weighted by Crippen LogP contribution is 2.31. The van der Waals surface area contributed by atoms with Crippen molar-refractivity contribution >= 4 is 21.8 Å². The molecule has 1 fully saturated rings. The smallest absolute Gasteiger partial charge is 0.252 e. The second-order valence-electron chi connectivity index (χ2n) is 4.52. The molecule has 1 amide bonds. The number of carbonyl (C=O) groups is 1. The Hall–Kier alpha value is -1.34. The third-order valence-electron chi connectivity index (χ3n) is 3.08. The summed E-state index contributed by atoms with van der Waals surface area (Å²) in [6.07, 6.45) is 2.51. The Morgan fingerprint density at radius 3 is 2.65 bits per heavy atom. The molecule has 0 spiro atoms. The number of halogens is 1. The number of hydrogen-bond donors (Lipinski definition) is 1. The normalized spacial score (nSPS) is 16.8. The van der Waals surface area contributed by atoms with Gasteiger partial charge >= 0.3 is 0 Å². The molecule has 0 bridgehead atoms. The summed E-state index contributed by atoms with van der Waals surface area (Å²) in [5, 5.41) is 11.9. The summed E-state index contributed by atoms with van der Waals surface area (Å²) >= 11 is 3.36. The maximum Gasteiger partial charge on any atom is 0.252 e. The fourth-order valence-corrected chi connectivity index (χ4v) is 2.56. The van der Waals surface area contributed by atoms with Crippen LogP contribution in [-0.4, -0.2) is 11.4 Å². The highest BCUT2D eigenvalue weighted by molar-refractivity contribution is 9.10. The first-order valence-corrected chi connectivity index (χ1v) is 6.35. The summed E-state index contributed by atoms with van der Waals surface area (Å²) < 4.78 is 0.877. The predicted octanol–water partition coefficient (Wildman–Crippen LogP) is 2.93. The van der Waals surface area contributed by atoms with Crippen molar-refractivity contribution < 1.29 is 4.79 Å². The molecule has 0 aromatic heterocycles. The topological polar surface area (TPSA) is 52.9 Å². The van der Waals surface area contributed by atoms with Crippen LogP contribution in [0.3, 0.4) is 0 Å². The number of nitriles is 1. The zero-order chi connectivity index (χ0) is 12.5. The van der Waals surface area contributed by atoms with Gasteiger partial charge in [0.1, 0.15) is 5.54 Å². The van der Waals surface area contributed by atoms with Gasteiger partial charge in [0.25, 0.3) is 5.91 Å². The van der Waals surface area contributed by atoms with Crippen LogP contribution in [0.15, 0.2) is 22.7 Å². The zero-order valence-electron chi connectivity index (χ0n) is 9.59. The maximum absolute atomic E-state index is 12.0. The average Bonchev–Trinajstić information content (AvgIpc) is 2.21. The minimum atomic E-state index is -0.632. The highest BCUT2D eigenvalue weighted by Gasteiger charge is 2.38. The molecule has 3 nitrogen and oxygen atoms in total. The van der Waals surface area contributed by atoms with E-state index in [1.54, 1.807) is 6.07 Å². The molecular weight excluding hydrogens is 280 g/mol. The van der Waals surface area contributed by atoms with E-state index in [9.17, 15) is 4.79 Å². The largest absolute Gasteiger partial charge is 0.334 e. The van der Waals surface area contributed by atoms with E-state index >= 15 is 0 Å².